The highest BCUT2D eigenvalue weighted by molar-refractivity contribution is 5.13. The molecular weight excluding hydrogens is 538 g/mol. The molecule has 1 aromatic rings. The van der Waals surface area contributed by atoms with Crippen LogP contribution >= 0.6 is 0 Å². The van der Waals surface area contributed by atoms with E-state index in [1.807, 2.05) is 18.2 Å². The van der Waals surface area contributed by atoms with Crippen LogP contribution in [0, 0.1) is 0 Å². The molecule has 0 aliphatic rings. The van der Waals surface area contributed by atoms with Crippen molar-refractivity contribution in [2.45, 2.75) is 116 Å². The first-order chi connectivity index (χ1) is 18.1. The van der Waals surface area contributed by atoms with Crippen LogP contribution in [-0.4, -0.2) is 64.7 Å². The second-order valence-corrected chi connectivity index (χ2v) is 11.4. The molecule has 0 aliphatic heterocycles. The molecule has 38 heavy (non-hydrogen) atoms. The summed E-state index contributed by atoms with van der Waals surface area (Å²) in [6.07, 6.45) is 22.9. The maximum absolute atomic E-state index is 5.80. The lowest BCUT2D eigenvalue weighted by Crippen LogP contribution is -3.00. The zero-order valence-electron chi connectivity index (χ0n) is 25.4. The molecule has 0 bridgehead atoms. The van der Waals surface area contributed by atoms with Crippen molar-refractivity contribution in [3.05, 3.63) is 35.9 Å². The van der Waals surface area contributed by atoms with E-state index in [4.69, 9.17) is 14.2 Å². The molecule has 0 atom stereocenters. The third kappa shape index (κ3) is 25.8. The largest absolute Gasteiger partial charge is 1.00 e. The van der Waals surface area contributed by atoms with Gasteiger partial charge in [0.1, 0.15) is 6.54 Å². The molecule has 0 radical (unpaired) electrons. The lowest BCUT2D eigenvalue weighted by atomic mass is 10.0. The molecule has 1 rings (SSSR count). The average Bonchev–Trinajstić information content (AvgIpc) is 2.90. The van der Waals surface area contributed by atoms with Crippen LogP contribution in [-0.2, 0) is 20.8 Å². The smallest absolute Gasteiger partial charge is 0.102 e. The Morgan fingerprint density at radius 2 is 0.921 bits per heavy atom. The summed E-state index contributed by atoms with van der Waals surface area (Å²) in [7, 11) is 4.66. The predicted molar refractivity (Wildman–Crippen MR) is 159 cm³/mol. The quantitative estimate of drug-likeness (QED) is 0.0929. The predicted octanol–water partition coefficient (Wildman–Crippen LogP) is 5.58. The lowest BCUT2D eigenvalue weighted by Gasteiger charge is -2.29. The third-order valence-electron chi connectivity index (χ3n) is 7.31. The molecule has 5 heteroatoms. The number of hydrogen-bond acceptors (Lipinski definition) is 3. The van der Waals surface area contributed by atoms with Crippen LogP contribution in [0.1, 0.15) is 115 Å². The number of unbranched alkanes of at least 4 members (excludes halogenated alkanes) is 15. The van der Waals surface area contributed by atoms with Crippen LogP contribution in [0.25, 0.3) is 0 Å². The van der Waals surface area contributed by atoms with Crippen LogP contribution < -0.4 is 17.0 Å². The van der Waals surface area contributed by atoms with Crippen LogP contribution in [0.2, 0.25) is 0 Å². The van der Waals surface area contributed by atoms with Gasteiger partial charge in [-0.05, 0) is 18.4 Å². The second-order valence-electron chi connectivity index (χ2n) is 11.4. The van der Waals surface area contributed by atoms with E-state index in [1.165, 1.54) is 115 Å². The summed E-state index contributed by atoms with van der Waals surface area (Å²) in [4.78, 5) is 0. The van der Waals surface area contributed by atoms with Gasteiger partial charge in [-0.3, -0.25) is 0 Å². The fourth-order valence-electron chi connectivity index (χ4n) is 4.72. The summed E-state index contributed by atoms with van der Waals surface area (Å²) in [5.41, 5.74) is 1.20. The van der Waals surface area contributed by atoms with Crippen molar-refractivity contribution in [2.75, 3.05) is 60.2 Å². The Morgan fingerprint density at radius 1 is 0.500 bits per heavy atom. The molecule has 0 amide bonds. The lowest BCUT2D eigenvalue weighted by molar-refractivity contribution is -0.891. The maximum atomic E-state index is 5.80. The molecule has 0 N–H and O–H groups in total. The summed E-state index contributed by atoms with van der Waals surface area (Å²) in [5.74, 6) is 0. The number of hydrogen-bond donors (Lipinski definition) is 0. The van der Waals surface area contributed by atoms with Crippen molar-refractivity contribution in [1.82, 2.24) is 0 Å². The molecule has 0 fully saturated rings. The number of benzene rings is 1. The minimum atomic E-state index is 0. The van der Waals surface area contributed by atoms with Gasteiger partial charge in [-0.2, -0.15) is 0 Å². The van der Waals surface area contributed by atoms with Crippen LogP contribution in [0.4, 0.5) is 0 Å². The van der Waals surface area contributed by atoms with E-state index in [1.54, 1.807) is 0 Å². The summed E-state index contributed by atoms with van der Waals surface area (Å²) in [5, 5.41) is 0. The van der Waals surface area contributed by atoms with Gasteiger partial charge < -0.3 is 35.7 Å². The average molecular weight is 601 g/mol. The van der Waals surface area contributed by atoms with Gasteiger partial charge in [0.25, 0.3) is 0 Å². The number of nitrogens with zero attached hydrogens (tertiary/aromatic N) is 1. The highest BCUT2D eigenvalue weighted by atomic mass is 79.9. The Balaban J connectivity index is 0.0000137. The van der Waals surface area contributed by atoms with Gasteiger partial charge in [-0.1, -0.05) is 127 Å². The van der Waals surface area contributed by atoms with Crippen LogP contribution in [0.15, 0.2) is 30.3 Å². The highest BCUT2D eigenvalue weighted by Gasteiger charge is 2.13. The first-order valence-electron chi connectivity index (χ1n) is 15.7. The Kier molecular flexibility index (Phi) is 27.7. The molecule has 0 spiro atoms. The molecular formula is C33H62BrNO3. The molecule has 4 nitrogen and oxygen atoms in total. The molecule has 0 saturated heterocycles. The SMILES string of the molecule is CCCCCCCCCCCCCCCCCC[N+](C)(C)CCOCCOCCOCc1ccccc1.[Br-]. The van der Waals surface area contributed by atoms with Gasteiger partial charge in [-0.15, -0.1) is 0 Å². The maximum Gasteiger partial charge on any atom is 0.102 e. The monoisotopic (exact) mass is 599 g/mol. The Labute approximate surface area is 247 Å². The number of likely N-dealkylation sites (N-methyl/N-ethyl adjacent to an activating group) is 1. The first kappa shape index (κ1) is 37.5. The van der Waals surface area contributed by atoms with Crippen molar-refractivity contribution in [1.29, 1.82) is 0 Å². The van der Waals surface area contributed by atoms with Crippen LogP contribution in [0.5, 0.6) is 0 Å². The normalized spacial score (nSPS) is 11.6. The standard InChI is InChI=1S/C33H62NO3.BrH/c1-4-5-6-7-8-9-10-11-12-13-14-15-16-17-18-22-25-34(2,3)26-27-35-28-29-36-30-31-37-32-33-23-20-19-21-24-33;/h19-21,23-24H,4-18,22,25-32H2,1-3H3;1H/q+1;/p-1. The third-order valence-corrected chi connectivity index (χ3v) is 7.31. The van der Waals surface area contributed by atoms with Gasteiger partial charge in [0.15, 0.2) is 0 Å². The summed E-state index contributed by atoms with van der Waals surface area (Å²) in [6, 6.07) is 10.2. The van der Waals surface area contributed by atoms with Crippen molar-refractivity contribution in [3.63, 3.8) is 0 Å². The number of ether oxygens (including phenoxy) is 3. The van der Waals surface area contributed by atoms with Crippen molar-refractivity contribution < 1.29 is 35.7 Å². The summed E-state index contributed by atoms with van der Waals surface area (Å²) < 4.78 is 18.1. The van der Waals surface area contributed by atoms with Crippen LogP contribution in [0.3, 0.4) is 0 Å². The molecule has 0 aliphatic carbocycles. The Bertz CT molecular complexity index is 585. The first-order valence-corrected chi connectivity index (χ1v) is 15.7. The van der Waals surface area contributed by atoms with Gasteiger partial charge >= 0.3 is 0 Å². The van der Waals surface area contributed by atoms with Crippen molar-refractivity contribution >= 4 is 0 Å². The van der Waals surface area contributed by atoms with Gasteiger partial charge in [0.2, 0.25) is 0 Å². The van der Waals surface area contributed by atoms with E-state index in [9.17, 15) is 0 Å². The van der Waals surface area contributed by atoms with Gasteiger partial charge in [0, 0.05) is 0 Å². The minimum Gasteiger partial charge on any atom is -1.00 e. The molecule has 0 aromatic heterocycles. The summed E-state index contributed by atoms with van der Waals surface area (Å²) in [6.45, 7) is 8.61. The molecule has 0 unspecified atom stereocenters. The second kappa shape index (κ2) is 28.1. The zero-order chi connectivity index (χ0) is 26.7. The molecule has 1 aromatic carbocycles. The van der Waals surface area contributed by atoms with Crippen molar-refractivity contribution in [2.24, 2.45) is 0 Å². The Hall–Kier alpha value is -0.460. The van der Waals surface area contributed by atoms with E-state index in [-0.39, 0.29) is 17.0 Å². The van der Waals surface area contributed by atoms with E-state index in [2.05, 4.69) is 33.2 Å². The molecule has 224 valence electrons. The topological polar surface area (TPSA) is 27.7 Å². The van der Waals surface area contributed by atoms with E-state index in [0.717, 1.165) is 17.6 Å². The van der Waals surface area contributed by atoms with Gasteiger partial charge in [-0.25, -0.2) is 0 Å². The molecule has 0 heterocycles. The van der Waals surface area contributed by atoms with E-state index in [0.29, 0.717) is 33.0 Å². The van der Waals surface area contributed by atoms with E-state index >= 15 is 0 Å². The number of quaternary nitrogens is 1. The minimum absolute atomic E-state index is 0. The zero-order valence-corrected chi connectivity index (χ0v) is 27.0. The Morgan fingerprint density at radius 3 is 1.42 bits per heavy atom. The highest BCUT2D eigenvalue weighted by Crippen LogP contribution is 2.14. The molecule has 0 saturated carbocycles. The fourth-order valence-corrected chi connectivity index (χ4v) is 4.72. The van der Waals surface area contributed by atoms with Gasteiger partial charge in [0.05, 0.1) is 60.3 Å². The number of rotatable bonds is 28. The fraction of sp³-hybridized carbons (Fsp3) is 0.818. The van der Waals surface area contributed by atoms with Crippen molar-refractivity contribution in [3.8, 4) is 0 Å². The number of halogens is 1. The summed E-state index contributed by atoms with van der Waals surface area (Å²) >= 11 is 0. The van der Waals surface area contributed by atoms with E-state index < -0.39 is 0 Å².